The first kappa shape index (κ1) is 10.7. The Bertz CT molecular complexity index is 602. The van der Waals surface area contributed by atoms with Gasteiger partial charge in [-0.05, 0) is 30.0 Å². The lowest BCUT2D eigenvalue weighted by molar-refractivity contribution is 0.103. The average Bonchev–Trinajstić information content (AvgIpc) is 2.49. The lowest BCUT2D eigenvalue weighted by atomic mass is 9.99. The first-order valence-corrected chi connectivity index (χ1v) is 6.46. The molecule has 1 aliphatic carbocycles. The van der Waals surface area contributed by atoms with Gasteiger partial charge in [0, 0.05) is 15.6 Å². The van der Waals surface area contributed by atoms with Crippen molar-refractivity contribution < 1.29 is 4.79 Å². The van der Waals surface area contributed by atoms with Crippen molar-refractivity contribution in [1.82, 2.24) is 0 Å². The molecule has 1 nitrogen and oxygen atoms in total. The van der Waals surface area contributed by atoms with E-state index in [4.69, 9.17) is 0 Å². The predicted molar refractivity (Wildman–Crippen MR) is 71.4 cm³/mol. The van der Waals surface area contributed by atoms with E-state index in [1.807, 2.05) is 42.5 Å². The van der Waals surface area contributed by atoms with Gasteiger partial charge in [-0.3, -0.25) is 4.79 Å². The summed E-state index contributed by atoms with van der Waals surface area (Å²) in [5.41, 5.74) is 3.97. The van der Waals surface area contributed by atoms with Crippen molar-refractivity contribution in [2.24, 2.45) is 0 Å². The highest BCUT2D eigenvalue weighted by atomic mass is 79.9. The van der Waals surface area contributed by atoms with Crippen LogP contribution in [0.2, 0.25) is 0 Å². The van der Waals surface area contributed by atoms with Crippen molar-refractivity contribution in [1.29, 1.82) is 0 Å². The Hall–Kier alpha value is -1.41. The zero-order chi connectivity index (χ0) is 11.8. The molecule has 0 saturated heterocycles. The number of halogens is 1. The van der Waals surface area contributed by atoms with Crippen LogP contribution in [0.15, 0.2) is 46.9 Å². The van der Waals surface area contributed by atoms with Gasteiger partial charge < -0.3 is 0 Å². The molecule has 2 aromatic rings. The maximum absolute atomic E-state index is 12.5. The Morgan fingerprint density at radius 2 is 1.59 bits per heavy atom. The lowest BCUT2D eigenvalue weighted by Crippen LogP contribution is -2.04. The van der Waals surface area contributed by atoms with Crippen molar-refractivity contribution >= 4 is 21.7 Å². The highest BCUT2D eigenvalue weighted by Crippen LogP contribution is 2.29. The van der Waals surface area contributed by atoms with Gasteiger partial charge in [0.25, 0.3) is 0 Å². The number of benzene rings is 2. The summed E-state index contributed by atoms with van der Waals surface area (Å²) in [6.45, 7) is 0. The quantitative estimate of drug-likeness (QED) is 0.720. The van der Waals surface area contributed by atoms with Gasteiger partial charge >= 0.3 is 0 Å². The van der Waals surface area contributed by atoms with E-state index >= 15 is 0 Å². The number of rotatable bonds is 0. The highest BCUT2D eigenvalue weighted by Gasteiger charge is 2.22. The minimum Gasteiger partial charge on any atom is -0.289 e. The highest BCUT2D eigenvalue weighted by molar-refractivity contribution is 9.10. The third-order valence-electron chi connectivity index (χ3n) is 3.25. The van der Waals surface area contributed by atoms with Crippen LogP contribution in [-0.2, 0) is 12.8 Å². The van der Waals surface area contributed by atoms with Crippen LogP contribution in [0.25, 0.3) is 0 Å². The molecule has 0 aromatic heterocycles. The molecule has 0 aliphatic heterocycles. The van der Waals surface area contributed by atoms with Crippen molar-refractivity contribution in [3.05, 3.63) is 69.2 Å². The van der Waals surface area contributed by atoms with Gasteiger partial charge in [0.15, 0.2) is 5.78 Å². The van der Waals surface area contributed by atoms with Crippen molar-refractivity contribution in [3.8, 4) is 0 Å². The van der Waals surface area contributed by atoms with Crippen LogP contribution in [0.4, 0.5) is 0 Å². The van der Waals surface area contributed by atoms with E-state index in [1.165, 1.54) is 0 Å². The molecule has 0 amide bonds. The number of hydrogen-bond acceptors (Lipinski definition) is 1. The summed E-state index contributed by atoms with van der Waals surface area (Å²) < 4.78 is 0.900. The molecular formula is C15H11BrO. The Balaban J connectivity index is 2.26. The Kier molecular flexibility index (Phi) is 2.60. The third kappa shape index (κ3) is 1.73. The molecule has 0 saturated carbocycles. The molecule has 0 fully saturated rings. The summed E-state index contributed by atoms with van der Waals surface area (Å²) >= 11 is 3.49. The molecule has 0 bridgehead atoms. The SMILES string of the molecule is O=C1c2ccccc2CCc2cccc(Br)c21. The summed E-state index contributed by atoms with van der Waals surface area (Å²) in [6, 6.07) is 13.9. The third-order valence-corrected chi connectivity index (χ3v) is 3.91. The number of aryl methyl sites for hydroxylation is 2. The van der Waals surface area contributed by atoms with Gasteiger partial charge in [-0.1, -0.05) is 52.3 Å². The molecule has 0 heterocycles. The second kappa shape index (κ2) is 4.11. The summed E-state index contributed by atoms with van der Waals surface area (Å²) in [7, 11) is 0. The first-order chi connectivity index (χ1) is 8.27. The standard InChI is InChI=1S/C15H11BrO/c16-13-7-3-5-11-9-8-10-4-1-2-6-12(10)15(17)14(11)13/h1-7H,8-9H2. The molecule has 0 unspecified atom stereocenters. The fourth-order valence-corrected chi connectivity index (χ4v) is 2.98. The van der Waals surface area contributed by atoms with Gasteiger partial charge in [0.1, 0.15) is 0 Å². The lowest BCUT2D eigenvalue weighted by Gasteiger charge is -2.06. The number of carbonyl (C=O) groups excluding carboxylic acids is 1. The van der Waals surface area contributed by atoms with Crippen LogP contribution in [-0.4, -0.2) is 5.78 Å². The van der Waals surface area contributed by atoms with E-state index in [9.17, 15) is 4.79 Å². The second-order valence-corrected chi connectivity index (χ2v) is 5.11. The van der Waals surface area contributed by atoms with Crippen LogP contribution < -0.4 is 0 Å². The van der Waals surface area contributed by atoms with Crippen LogP contribution in [0.1, 0.15) is 27.0 Å². The molecule has 2 heteroatoms. The predicted octanol–water partition coefficient (Wildman–Crippen LogP) is 3.78. The Morgan fingerprint density at radius 3 is 2.47 bits per heavy atom. The molecule has 1 aliphatic rings. The average molecular weight is 287 g/mol. The number of fused-ring (bicyclic) bond motifs is 2. The molecule has 0 spiro atoms. The number of ketones is 1. The van der Waals surface area contributed by atoms with E-state index in [2.05, 4.69) is 15.9 Å². The minimum absolute atomic E-state index is 0.139. The summed E-state index contributed by atoms with van der Waals surface area (Å²) in [5.74, 6) is 0.139. The number of carbonyl (C=O) groups is 1. The molecule has 0 radical (unpaired) electrons. The fraction of sp³-hybridized carbons (Fsp3) is 0.133. The van der Waals surface area contributed by atoms with Crippen LogP contribution in [0, 0.1) is 0 Å². The first-order valence-electron chi connectivity index (χ1n) is 5.67. The van der Waals surface area contributed by atoms with Crippen LogP contribution in [0.3, 0.4) is 0 Å². The van der Waals surface area contributed by atoms with Gasteiger partial charge in [0.2, 0.25) is 0 Å². The molecule has 3 rings (SSSR count). The normalized spacial score (nSPS) is 13.8. The fourth-order valence-electron chi connectivity index (χ4n) is 2.40. The second-order valence-electron chi connectivity index (χ2n) is 4.26. The van der Waals surface area contributed by atoms with Crippen molar-refractivity contribution in [2.75, 3.05) is 0 Å². The molecular weight excluding hydrogens is 276 g/mol. The summed E-state index contributed by atoms with van der Waals surface area (Å²) in [4.78, 5) is 12.5. The topological polar surface area (TPSA) is 17.1 Å². The maximum atomic E-state index is 12.5. The maximum Gasteiger partial charge on any atom is 0.194 e. The Labute approximate surface area is 109 Å². The summed E-state index contributed by atoms with van der Waals surface area (Å²) in [6.07, 6.45) is 1.86. The van der Waals surface area contributed by atoms with Gasteiger partial charge in [0.05, 0.1) is 0 Å². The van der Waals surface area contributed by atoms with Crippen LogP contribution >= 0.6 is 15.9 Å². The molecule has 0 atom stereocenters. The smallest absolute Gasteiger partial charge is 0.194 e. The molecule has 84 valence electrons. The number of hydrogen-bond donors (Lipinski definition) is 0. The summed E-state index contributed by atoms with van der Waals surface area (Å²) in [5, 5.41) is 0. The van der Waals surface area contributed by atoms with E-state index < -0.39 is 0 Å². The van der Waals surface area contributed by atoms with Gasteiger partial charge in [-0.2, -0.15) is 0 Å². The zero-order valence-electron chi connectivity index (χ0n) is 9.24. The minimum atomic E-state index is 0.139. The van der Waals surface area contributed by atoms with E-state index in [0.717, 1.165) is 39.6 Å². The Morgan fingerprint density at radius 1 is 0.882 bits per heavy atom. The molecule has 17 heavy (non-hydrogen) atoms. The van der Waals surface area contributed by atoms with Gasteiger partial charge in [-0.25, -0.2) is 0 Å². The van der Waals surface area contributed by atoms with E-state index in [1.54, 1.807) is 0 Å². The molecule has 2 aromatic carbocycles. The monoisotopic (exact) mass is 286 g/mol. The molecule has 0 N–H and O–H groups in total. The van der Waals surface area contributed by atoms with Crippen molar-refractivity contribution in [3.63, 3.8) is 0 Å². The van der Waals surface area contributed by atoms with E-state index in [-0.39, 0.29) is 5.78 Å². The van der Waals surface area contributed by atoms with Crippen molar-refractivity contribution in [2.45, 2.75) is 12.8 Å². The van der Waals surface area contributed by atoms with E-state index in [0.29, 0.717) is 0 Å². The zero-order valence-corrected chi connectivity index (χ0v) is 10.8. The van der Waals surface area contributed by atoms with Gasteiger partial charge in [-0.15, -0.1) is 0 Å². The largest absolute Gasteiger partial charge is 0.289 e. The van der Waals surface area contributed by atoms with Crippen LogP contribution in [0.5, 0.6) is 0 Å².